The Kier molecular flexibility index (Phi) is 12.5. The molecule has 3 rings (SSSR count). The Morgan fingerprint density at radius 2 is 1.98 bits per heavy atom. The Hall–Kier alpha value is -3.57. The maximum atomic E-state index is 12.9. The predicted molar refractivity (Wildman–Crippen MR) is 170 cm³/mol. The molecule has 0 spiro atoms. The largest absolute Gasteiger partial charge is 0.495 e. The molecule has 2 fully saturated rings. The van der Waals surface area contributed by atoms with Crippen molar-refractivity contribution in [2.75, 3.05) is 21.2 Å². The topological polar surface area (TPSA) is 136 Å². The third kappa shape index (κ3) is 9.46. The van der Waals surface area contributed by atoms with E-state index >= 15 is 0 Å². The van der Waals surface area contributed by atoms with Crippen LogP contribution in [-0.4, -0.2) is 86.0 Å². The van der Waals surface area contributed by atoms with Crippen LogP contribution in [0.5, 0.6) is 5.75 Å². The highest BCUT2D eigenvalue weighted by Crippen LogP contribution is 2.48. The number of amides is 3. The van der Waals surface area contributed by atoms with Gasteiger partial charge in [0.2, 0.25) is 11.8 Å². The van der Waals surface area contributed by atoms with Crippen LogP contribution in [0.15, 0.2) is 42.0 Å². The number of hydrogen-bond acceptors (Lipinski definition) is 8. The van der Waals surface area contributed by atoms with E-state index in [4.69, 9.17) is 30.5 Å². The second kappa shape index (κ2) is 15.6. The highest BCUT2D eigenvalue weighted by atomic mass is 35.5. The maximum absolute atomic E-state index is 12.9. The van der Waals surface area contributed by atoms with Crippen molar-refractivity contribution in [3.8, 4) is 5.75 Å². The second-order valence-electron chi connectivity index (χ2n) is 12.0. The van der Waals surface area contributed by atoms with Crippen molar-refractivity contribution in [1.82, 2.24) is 15.5 Å². The van der Waals surface area contributed by atoms with Crippen LogP contribution in [0, 0.1) is 5.92 Å². The lowest BCUT2D eigenvalue weighted by molar-refractivity contribution is -0.161. The summed E-state index contributed by atoms with van der Waals surface area (Å²) >= 11 is 6.13. The number of nitrogens with one attached hydrogen (secondary N) is 2. The number of allylic oxidation sites excluding steroid dienone is 3. The lowest BCUT2D eigenvalue weighted by atomic mass is 9.85. The fourth-order valence-corrected chi connectivity index (χ4v) is 5.69. The third-order valence-electron chi connectivity index (χ3n) is 8.65. The number of esters is 1. The smallest absolute Gasteiger partial charge is 0.407 e. The third-order valence-corrected chi connectivity index (χ3v) is 8.96. The minimum absolute atomic E-state index is 0.115. The maximum Gasteiger partial charge on any atom is 0.407 e. The summed E-state index contributed by atoms with van der Waals surface area (Å²) in [7, 11) is 4.60. The van der Waals surface area contributed by atoms with E-state index in [1.807, 2.05) is 50.3 Å². The first-order valence-electron chi connectivity index (χ1n) is 15.1. The first-order chi connectivity index (χ1) is 21.2. The highest BCUT2D eigenvalue weighted by Gasteiger charge is 2.63. The molecule has 2 N–H and O–H groups in total. The number of ether oxygens (including phenoxy) is 4. The van der Waals surface area contributed by atoms with E-state index in [1.165, 1.54) is 25.9 Å². The molecule has 5 unspecified atom stereocenters. The Balaban J connectivity index is 1.61. The molecule has 1 aromatic carbocycles. The van der Waals surface area contributed by atoms with E-state index < -0.39 is 42.0 Å². The first kappa shape index (κ1) is 35.9. The van der Waals surface area contributed by atoms with Crippen LogP contribution in [0.3, 0.4) is 0 Å². The lowest BCUT2D eigenvalue weighted by Gasteiger charge is -2.33. The van der Waals surface area contributed by atoms with Crippen molar-refractivity contribution >= 4 is 35.5 Å². The van der Waals surface area contributed by atoms with Gasteiger partial charge in [0.15, 0.2) is 0 Å². The van der Waals surface area contributed by atoms with Gasteiger partial charge in [0.1, 0.15) is 29.6 Å². The van der Waals surface area contributed by atoms with E-state index in [1.54, 1.807) is 21.0 Å². The number of carbonyl (C=O) groups excluding carboxylic acids is 4. The normalized spacial score (nSPS) is 25.0. The second-order valence-corrected chi connectivity index (χ2v) is 12.4. The number of nitrogens with zero attached hydrogens (tertiary/aromatic N) is 1. The molecule has 2 saturated heterocycles. The Morgan fingerprint density at radius 3 is 2.62 bits per heavy atom. The zero-order valence-corrected chi connectivity index (χ0v) is 28.1. The van der Waals surface area contributed by atoms with Crippen LogP contribution < -0.4 is 15.4 Å². The van der Waals surface area contributed by atoms with Crippen molar-refractivity contribution < 1.29 is 38.1 Å². The summed E-state index contributed by atoms with van der Waals surface area (Å²) in [4.78, 5) is 50.7. The van der Waals surface area contributed by atoms with Gasteiger partial charge < -0.3 is 34.5 Å². The summed E-state index contributed by atoms with van der Waals surface area (Å²) in [6.45, 7) is 8.68. The van der Waals surface area contributed by atoms with Crippen molar-refractivity contribution in [1.29, 1.82) is 0 Å². The van der Waals surface area contributed by atoms with Gasteiger partial charge in [0.25, 0.3) is 0 Å². The van der Waals surface area contributed by atoms with Crippen molar-refractivity contribution in [2.45, 2.75) is 96.3 Å². The number of alkyl carbamates (subject to hydrolysis) is 1. The monoisotopic (exact) mass is 647 g/mol. The minimum Gasteiger partial charge on any atom is -0.495 e. The molecule has 3 amide bonds. The summed E-state index contributed by atoms with van der Waals surface area (Å²) in [5.41, 5.74) is 1.27. The lowest BCUT2D eigenvalue weighted by Crippen LogP contribution is -2.49. The van der Waals surface area contributed by atoms with Crippen LogP contribution >= 0.6 is 11.6 Å². The molecule has 2 aliphatic heterocycles. The summed E-state index contributed by atoms with van der Waals surface area (Å²) < 4.78 is 22.8. The van der Waals surface area contributed by atoms with E-state index in [2.05, 4.69) is 10.6 Å². The Bertz CT molecular complexity index is 1320. The molecule has 1 aromatic rings. The van der Waals surface area contributed by atoms with Crippen LogP contribution in [0.25, 0.3) is 0 Å². The Morgan fingerprint density at radius 1 is 1.27 bits per heavy atom. The van der Waals surface area contributed by atoms with Gasteiger partial charge in [-0.05, 0) is 51.3 Å². The molecule has 0 bridgehead atoms. The van der Waals surface area contributed by atoms with Crippen molar-refractivity contribution in [2.24, 2.45) is 5.92 Å². The average molecular weight is 648 g/mol. The van der Waals surface area contributed by atoms with Gasteiger partial charge in [0.05, 0.1) is 24.7 Å². The Labute approximate surface area is 270 Å². The van der Waals surface area contributed by atoms with Gasteiger partial charge in [-0.2, -0.15) is 0 Å². The van der Waals surface area contributed by atoms with Crippen LogP contribution in [0.1, 0.15) is 59.4 Å². The number of likely N-dealkylation sites (N-methyl/N-ethyl adjacent to an activating group) is 1. The number of methoxy groups -OCH3 is 1. The molecule has 2 aliphatic rings. The van der Waals surface area contributed by atoms with E-state index in [0.717, 1.165) is 17.6 Å². The van der Waals surface area contributed by atoms with Gasteiger partial charge >= 0.3 is 12.1 Å². The van der Waals surface area contributed by atoms with E-state index in [0.29, 0.717) is 23.6 Å². The minimum atomic E-state index is -0.973. The number of cyclic esters (lactones) is 1. The van der Waals surface area contributed by atoms with Gasteiger partial charge in [-0.1, -0.05) is 48.4 Å². The van der Waals surface area contributed by atoms with E-state index in [9.17, 15) is 19.2 Å². The molecule has 45 heavy (non-hydrogen) atoms. The van der Waals surface area contributed by atoms with Gasteiger partial charge in [-0.25, -0.2) is 9.59 Å². The summed E-state index contributed by atoms with van der Waals surface area (Å²) in [6, 6.07) is 4.74. The molecule has 12 heteroatoms. The van der Waals surface area contributed by atoms with Crippen molar-refractivity contribution in [3.05, 3.63) is 52.6 Å². The number of benzene rings is 1. The molecule has 11 nitrogen and oxygen atoms in total. The predicted octanol–water partition coefficient (Wildman–Crippen LogP) is 4.36. The number of halogens is 1. The number of epoxide rings is 1. The van der Waals surface area contributed by atoms with Gasteiger partial charge in [-0.3, -0.25) is 9.59 Å². The highest BCUT2D eigenvalue weighted by molar-refractivity contribution is 6.32. The molecule has 248 valence electrons. The summed E-state index contributed by atoms with van der Waals surface area (Å²) in [5, 5.41) is 6.02. The molecule has 2 heterocycles. The zero-order valence-electron chi connectivity index (χ0n) is 27.3. The van der Waals surface area contributed by atoms with Crippen LogP contribution in [0.2, 0.25) is 5.02 Å². The number of rotatable bonds is 14. The fraction of sp³-hybridized carbons (Fsp3) is 0.576. The molecule has 0 saturated carbocycles. The van der Waals surface area contributed by atoms with Gasteiger partial charge in [0, 0.05) is 39.4 Å². The first-order valence-corrected chi connectivity index (χ1v) is 15.5. The van der Waals surface area contributed by atoms with Crippen LogP contribution in [-0.2, 0) is 35.0 Å². The van der Waals surface area contributed by atoms with Crippen molar-refractivity contribution in [3.63, 3.8) is 0 Å². The molecule has 0 aromatic heterocycles. The zero-order chi connectivity index (χ0) is 33.5. The van der Waals surface area contributed by atoms with Crippen LogP contribution in [0.4, 0.5) is 4.79 Å². The molecular formula is C33H46ClN3O8. The standard InChI is InChI=1S/C33H46ClN3O8/c1-19(15-23-13-14-25(34)27(16-23)42-8)11-9-10-12-24-17-26(43-32(41)36-24)20(2)30-33(5,45-30)28(18-29(39)35-6)44-31(40)21(3)37(7)22(4)38/h9-11,13-14,16,20-21,24,26,28,30H,12,15,17-18H2,1-8H3,(H,35,39)(H,36,41)/b10-9+,19-11+/t20-,21?,24?,26?,28+,30?,33?/m1/s1. The summed E-state index contributed by atoms with van der Waals surface area (Å²) in [5.74, 6) is -0.842. The molecule has 0 radical (unpaired) electrons. The number of hydrogen-bond donors (Lipinski definition) is 2. The SMILES string of the molecule is CNC(=O)C[C@H](OC(=O)C(C)N(C)C(C)=O)C1(C)OC1[C@H](C)C1CC(C/C=C/C=C(\C)Cc2ccc(Cl)c(OC)c2)NC(=O)O1. The van der Waals surface area contributed by atoms with E-state index in [-0.39, 0.29) is 30.2 Å². The summed E-state index contributed by atoms with van der Waals surface area (Å²) in [6.07, 6.45) is 5.55. The molecule has 7 atom stereocenters. The molecule has 0 aliphatic carbocycles. The quantitative estimate of drug-likeness (QED) is 0.173. The molecular weight excluding hydrogens is 602 g/mol. The average Bonchev–Trinajstić information content (AvgIpc) is 3.70. The van der Waals surface area contributed by atoms with Gasteiger partial charge in [-0.15, -0.1) is 0 Å². The number of carbonyl (C=O) groups is 4. The fourth-order valence-electron chi connectivity index (χ4n) is 5.50.